The van der Waals surface area contributed by atoms with Gasteiger partial charge in [-0.2, -0.15) is 0 Å². The topological polar surface area (TPSA) is 88.1 Å². The quantitative estimate of drug-likeness (QED) is 0.212. The van der Waals surface area contributed by atoms with E-state index in [2.05, 4.69) is 106 Å². The molecule has 0 saturated heterocycles. The van der Waals surface area contributed by atoms with Gasteiger partial charge < -0.3 is 24.3 Å². The molecule has 0 amide bonds. The second-order valence-electron chi connectivity index (χ2n) is 16.1. The van der Waals surface area contributed by atoms with Crippen molar-refractivity contribution in [2.75, 3.05) is 6.61 Å². The van der Waals surface area contributed by atoms with Gasteiger partial charge in [-0.05, 0) is 100.0 Å². The van der Waals surface area contributed by atoms with Crippen molar-refractivity contribution >= 4 is 16.6 Å². The summed E-state index contributed by atoms with van der Waals surface area (Å²) in [4.78, 5) is 9.12. The predicted octanol–water partition coefficient (Wildman–Crippen LogP) is 7.29. The average Bonchev–Trinajstić information content (AvgIpc) is 3.72. The number of nitrogens with one attached hydrogen (secondary N) is 2. The first kappa shape index (κ1) is 32.4. The molecule has 48 heavy (non-hydrogen) atoms. The summed E-state index contributed by atoms with van der Waals surface area (Å²) in [5.74, 6) is -0.424. The maximum Gasteiger partial charge on any atom is 0.192 e. The van der Waals surface area contributed by atoms with Gasteiger partial charge in [-0.15, -0.1) is 0 Å². The van der Waals surface area contributed by atoms with E-state index in [1.54, 1.807) is 0 Å². The van der Waals surface area contributed by atoms with Gasteiger partial charge in [0.15, 0.2) is 5.79 Å². The average molecular weight is 652 g/mol. The van der Waals surface area contributed by atoms with Gasteiger partial charge in [0, 0.05) is 40.4 Å². The normalized spacial score (nSPS) is 35.7. The van der Waals surface area contributed by atoms with E-state index in [1.165, 1.54) is 33.3 Å². The summed E-state index contributed by atoms with van der Waals surface area (Å²) in [6.45, 7) is 14.3. The Balaban J connectivity index is 1.24. The fraction of sp³-hybridized carbons (Fsp3) is 0.585. The number of hydrogen-bond donors (Lipinski definition) is 3. The fourth-order valence-corrected chi connectivity index (χ4v) is 9.98. The molecule has 3 N–H and O–H groups in total. The molecule has 256 valence electrons. The SMILES string of the molecule is Cc1ccc(C/N=C2\C=C3C4C(OCC(O)NC5CC5)CC5Cc6c([nH]c7ccccc67)[C@]5(C)C4(C)CCC3(OC(C)C)OC2C)cc1. The Labute approximate surface area is 285 Å². The van der Waals surface area contributed by atoms with Gasteiger partial charge >= 0.3 is 0 Å². The second-order valence-corrected chi connectivity index (χ2v) is 16.1. The monoisotopic (exact) mass is 651 g/mol. The van der Waals surface area contributed by atoms with E-state index >= 15 is 0 Å². The van der Waals surface area contributed by atoms with Crippen molar-refractivity contribution in [3.63, 3.8) is 0 Å². The number of aryl methyl sites for hydroxylation is 1. The molecule has 5 aliphatic rings. The number of aliphatic imine (C=N–C) groups is 1. The summed E-state index contributed by atoms with van der Waals surface area (Å²) in [7, 11) is 0. The standard InChI is InChI=1S/C41H53N3O4/c1-24(2)47-41-18-17-39(5)37(32(41)21-34(26(4)48-41)42-22-27-13-11-25(3)12-14-27)35(46-23-36(45)43-29-15-16-29)20-28-19-31-30-9-7-8-10-33(30)44-38(31)40(28,39)6/h7-14,21,24,26,28-29,35-37,43-45H,15-20,22-23H2,1-6H3/b42-34+/t26?,28?,35?,36?,37?,39?,40-,41?/m1/s1. The van der Waals surface area contributed by atoms with Gasteiger partial charge in [-0.25, -0.2) is 0 Å². The molecule has 4 aliphatic carbocycles. The molecule has 7 nitrogen and oxygen atoms in total. The molecular weight excluding hydrogens is 598 g/mol. The van der Waals surface area contributed by atoms with Crippen LogP contribution in [0.1, 0.15) is 89.1 Å². The van der Waals surface area contributed by atoms with E-state index < -0.39 is 12.0 Å². The van der Waals surface area contributed by atoms with E-state index in [-0.39, 0.29) is 41.7 Å². The molecule has 7 unspecified atom stereocenters. The Morgan fingerprint density at radius 1 is 1.08 bits per heavy atom. The fourth-order valence-electron chi connectivity index (χ4n) is 9.98. The number of aliphatic hydroxyl groups excluding tert-OH is 1. The van der Waals surface area contributed by atoms with Gasteiger partial charge in [-0.1, -0.05) is 61.9 Å². The van der Waals surface area contributed by atoms with Crippen LogP contribution >= 0.6 is 0 Å². The molecule has 0 radical (unpaired) electrons. The first-order chi connectivity index (χ1) is 23.0. The van der Waals surface area contributed by atoms with Crippen LogP contribution < -0.4 is 5.32 Å². The van der Waals surface area contributed by atoms with Crippen molar-refractivity contribution in [2.24, 2.45) is 22.2 Å². The molecule has 2 heterocycles. The maximum absolute atomic E-state index is 11.0. The second kappa shape index (κ2) is 11.9. The molecule has 1 aromatic heterocycles. The summed E-state index contributed by atoms with van der Waals surface area (Å²) in [5, 5.41) is 15.7. The highest BCUT2D eigenvalue weighted by Crippen LogP contribution is 2.69. The summed E-state index contributed by atoms with van der Waals surface area (Å²) < 4.78 is 20.9. The highest BCUT2D eigenvalue weighted by molar-refractivity contribution is 6.00. The van der Waals surface area contributed by atoms with Crippen LogP contribution in [0.5, 0.6) is 0 Å². The van der Waals surface area contributed by atoms with Crippen molar-refractivity contribution in [3.8, 4) is 0 Å². The number of aromatic nitrogens is 1. The van der Waals surface area contributed by atoms with Gasteiger partial charge in [0.1, 0.15) is 6.23 Å². The van der Waals surface area contributed by atoms with Crippen LogP contribution in [0.3, 0.4) is 0 Å². The summed E-state index contributed by atoms with van der Waals surface area (Å²) in [6.07, 6.45) is 7.22. The summed E-state index contributed by atoms with van der Waals surface area (Å²) >= 11 is 0. The lowest BCUT2D eigenvalue weighted by Crippen LogP contribution is -2.66. The molecule has 3 saturated carbocycles. The molecule has 8 atom stereocenters. The van der Waals surface area contributed by atoms with Crippen molar-refractivity contribution in [1.82, 2.24) is 10.3 Å². The number of para-hydroxylation sites is 1. The smallest absolute Gasteiger partial charge is 0.192 e. The zero-order valence-electron chi connectivity index (χ0n) is 29.5. The Hall–Kier alpha value is -2.81. The van der Waals surface area contributed by atoms with Crippen molar-refractivity contribution in [3.05, 3.63) is 82.6 Å². The largest absolute Gasteiger partial charge is 0.376 e. The number of aliphatic hydroxyl groups is 1. The van der Waals surface area contributed by atoms with Gasteiger partial charge in [0.25, 0.3) is 0 Å². The summed E-state index contributed by atoms with van der Waals surface area (Å²) in [6, 6.07) is 17.8. The predicted molar refractivity (Wildman–Crippen MR) is 190 cm³/mol. The van der Waals surface area contributed by atoms with Crippen LogP contribution in [0.15, 0.2) is 65.2 Å². The van der Waals surface area contributed by atoms with Crippen LogP contribution in [-0.4, -0.2) is 58.8 Å². The lowest BCUT2D eigenvalue weighted by molar-refractivity contribution is -0.277. The number of hydrogen-bond acceptors (Lipinski definition) is 6. The molecule has 8 rings (SSSR count). The van der Waals surface area contributed by atoms with E-state index in [1.807, 2.05) is 0 Å². The van der Waals surface area contributed by atoms with E-state index in [9.17, 15) is 5.11 Å². The zero-order chi connectivity index (χ0) is 33.4. The van der Waals surface area contributed by atoms with Crippen molar-refractivity contribution in [2.45, 2.75) is 128 Å². The third-order valence-corrected chi connectivity index (χ3v) is 12.7. The minimum Gasteiger partial charge on any atom is -0.376 e. The number of nitrogens with zero attached hydrogens (tertiary/aromatic N) is 1. The minimum atomic E-state index is -0.849. The maximum atomic E-state index is 11.0. The number of benzene rings is 2. The Bertz CT molecular complexity index is 1740. The number of H-pyrrole nitrogens is 1. The van der Waals surface area contributed by atoms with Crippen LogP contribution in [0.4, 0.5) is 0 Å². The van der Waals surface area contributed by atoms with Gasteiger partial charge in [-0.3, -0.25) is 10.3 Å². The number of rotatable bonds is 9. The lowest BCUT2D eigenvalue weighted by atomic mass is 9.43. The van der Waals surface area contributed by atoms with Crippen molar-refractivity contribution < 1.29 is 19.3 Å². The molecule has 3 fully saturated rings. The van der Waals surface area contributed by atoms with Gasteiger partial charge in [0.2, 0.25) is 0 Å². The molecule has 0 spiro atoms. The molecule has 0 bridgehead atoms. The third-order valence-electron chi connectivity index (χ3n) is 12.7. The van der Waals surface area contributed by atoms with Crippen LogP contribution in [0.25, 0.3) is 10.9 Å². The number of aromatic amines is 1. The molecule has 2 aromatic carbocycles. The van der Waals surface area contributed by atoms with Gasteiger partial charge in [0.05, 0.1) is 37.2 Å². The molecular formula is C41H53N3O4. The third kappa shape index (κ3) is 5.23. The van der Waals surface area contributed by atoms with Crippen LogP contribution in [-0.2, 0) is 32.6 Å². The van der Waals surface area contributed by atoms with Crippen molar-refractivity contribution in [1.29, 1.82) is 0 Å². The highest BCUT2D eigenvalue weighted by Gasteiger charge is 2.69. The van der Waals surface area contributed by atoms with Crippen LogP contribution in [0.2, 0.25) is 0 Å². The zero-order valence-corrected chi connectivity index (χ0v) is 29.5. The Kier molecular flexibility index (Phi) is 8.04. The minimum absolute atomic E-state index is 0.00816. The molecule has 3 aromatic rings. The Morgan fingerprint density at radius 3 is 2.60 bits per heavy atom. The highest BCUT2D eigenvalue weighted by atomic mass is 16.7. The molecule has 7 heteroatoms. The first-order valence-electron chi connectivity index (χ1n) is 18.3. The van der Waals surface area contributed by atoms with E-state index in [4.69, 9.17) is 19.2 Å². The molecule has 1 aliphatic heterocycles. The number of fused-ring (bicyclic) bond motifs is 9. The van der Waals surface area contributed by atoms with Crippen LogP contribution in [0, 0.1) is 24.2 Å². The summed E-state index contributed by atoms with van der Waals surface area (Å²) in [5.41, 5.74) is 8.36. The Morgan fingerprint density at radius 2 is 1.85 bits per heavy atom. The lowest BCUT2D eigenvalue weighted by Gasteiger charge is -2.64. The first-order valence-corrected chi connectivity index (χ1v) is 18.3. The van der Waals surface area contributed by atoms with E-state index in [0.717, 1.165) is 49.8 Å². The number of ether oxygens (including phenoxy) is 3. The van der Waals surface area contributed by atoms with E-state index in [0.29, 0.717) is 18.5 Å².